The van der Waals surface area contributed by atoms with Crippen molar-refractivity contribution in [2.24, 2.45) is 5.16 Å². The second-order valence-electron chi connectivity index (χ2n) is 8.26. The number of aromatic nitrogens is 1. The van der Waals surface area contributed by atoms with Crippen molar-refractivity contribution >= 4 is 57.6 Å². The van der Waals surface area contributed by atoms with Crippen LogP contribution in [0, 0.1) is 0 Å². The summed E-state index contributed by atoms with van der Waals surface area (Å²) in [7, 11) is 0. The number of nitrogens with one attached hydrogen (secondary N) is 1. The second kappa shape index (κ2) is 11.0. The van der Waals surface area contributed by atoms with Gasteiger partial charge in [-0.2, -0.15) is 0 Å². The Kier molecular flexibility index (Phi) is 8.30. The number of amides is 2. The fourth-order valence-corrected chi connectivity index (χ4v) is 3.63. The summed E-state index contributed by atoms with van der Waals surface area (Å²) in [6.45, 7) is 2.57. The summed E-state index contributed by atoms with van der Waals surface area (Å²) >= 11 is 6.80. The SMILES string of the molecule is CC(C)(O/N=C(\C(=O)N[C@H]1CN(/C(=C/c2ccc(CCl)cc2)C(=O)O)C1=O)c1csc(N)n1)C(O)O. The molecular formula is C22H24ClN5O7S. The normalized spacial score (nSPS) is 16.7. The maximum atomic E-state index is 12.9. The minimum absolute atomic E-state index is 0.0494. The van der Waals surface area contributed by atoms with E-state index in [9.17, 15) is 29.7 Å². The Morgan fingerprint density at radius 1 is 1.39 bits per heavy atom. The van der Waals surface area contributed by atoms with Crippen LogP contribution < -0.4 is 11.1 Å². The van der Waals surface area contributed by atoms with E-state index in [0.717, 1.165) is 21.8 Å². The number of carboxylic acids is 1. The molecular weight excluding hydrogens is 514 g/mol. The van der Waals surface area contributed by atoms with Crippen molar-refractivity contribution in [3.8, 4) is 0 Å². The van der Waals surface area contributed by atoms with Gasteiger partial charge in [0.25, 0.3) is 11.8 Å². The quantitative estimate of drug-likeness (QED) is 0.0726. The number of thiazole rings is 1. The molecule has 0 radical (unpaired) electrons. The second-order valence-corrected chi connectivity index (χ2v) is 9.42. The summed E-state index contributed by atoms with van der Waals surface area (Å²) in [4.78, 5) is 47.6. The van der Waals surface area contributed by atoms with Gasteiger partial charge in [-0.05, 0) is 31.1 Å². The third kappa shape index (κ3) is 6.18. The average molecular weight is 538 g/mol. The summed E-state index contributed by atoms with van der Waals surface area (Å²) in [5.74, 6) is -2.49. The Balaban J connectivity index is 1.75. The van der Waals surface area contributed by atoms with Crippen LogP contribution in [0.3, 0.4) is 0 Å². The van der Waals surface area contributed by atoms with E-state index >= 15 is 0 Å². The molecule has 1 aliphatic rings. The zero-order chi connectivity index (χ0) is 26.6. The molecule has 0 bridgehead atoms. The molecule has 0 saturated carbocycles. The number of halogens is 1. The molecule has 1 atom stereocenters. The predicted molar refractivity (Wildman–Crippen MR) is 132 cm³/mol. The number of aliphatic hydroxyl groups is 2. The standard InChI is InChI=1S/C22H24ClN5O7S/c1-22(2,20(33)34)35-27-16(14-10-36-21(24)26-14)17(29)25-13-9-28(18(13)30)15(19(31)32)7-11-3-5-12(8-23)6-4-11/h3-7,10,13,20,33-34H,8-9H2,1-2H3,(H2,24,26)(H,25,29)(H,31,32)/b15-7+,27-16-/t13-/m0/s1. The van der Waals surface area contributed by atoms with Crippen molar-refractivity contribution in [2.45, 2.75) is 37.7 Å². The highest BCUT2D eigenvalue weighted by Crippen LogP contribution is 2.22. The number of oxime groups is 1. The third-order valence-corrected chi connectivity index (χ3v) is 6.14. The number of nitrogen functional groups attached to an aromatic ring is 1. The van der Waals surface area contributed by atoms with Gasteiger partial charge in [0, 0.05) is 11.3 Å². The number of alkyl halides is 1. The summed E-state index contributed by atoms with van der Waals surface area (Å²) in [5.41, 5.74) is 4.94. The van der Waals surface area contributed by atoms with Gasteiger partial charge in [0.2, 0.25) is 0 Å². The highest BCUT2D eigenvalue weighted by atomic mass is 35.5. The fourth-order valence-electron chi connectivity index (χ4n) is 2.90. The monoisotopic (exact) mass is 537 g/mol. The lowest BCUT2D eigenvalue weighted by atomic mass is 10.0. The maximum Gasteiger partial charge on any atom is 0.352 e. The molecule has 12 nitrogen and oxygen atoms in total. The Bertz CT molecular complexity index is 1210. The van der Waals surface area contributed by atoms with Crippen LogP contribution in [0.5, 0.6) is 0 Å². The van der Waals surface area contributed by atoms with E-state index in [0.29, 0.717) is 11.4 Å². The van der Waals surface area contributed by atoms with Gasteiger partial charge in [-0.1, -0.05) is 29.4 Å². The molecule has 2 heterocycles. The van der Waals surface area contributed by atoms with Crippen molar-refractivity contribution in [1.29, 1.82) is 0 Å². The first-order valence-corrected chi connectivity index (χ1v) is 11.9. The molecule has 6 N–H and O–H groups in total. The number of carbonyl (C=O) groups is 3. The topological polar surface area (TPSA) is 188 Å². The van der Waals surface area contributed by atoms with E-state index in [4.69, 9.17) is 22.2 Å². The van der Waals surface area contributed by atoms with Crippen LogP contribution in [0.2, 0.25) is 0 Å². The zero-order valence-corrected chi connectivity index (χ0v) is 20.8. The Hall–Kier alpha value is -3.52. The number of aliphatic carboxylic acids is 1. The van der Waals surface area contributed by atoms with Gasteiger partial charge in [-0.3, -0.25) is 9.59 Å². The fraction of sp³-hybridized carbons (Fsp3) is 0.318. The number of anilines is 1. The molecule has 1 saturated heterocycles. The van der Waals surface area contributed by atoms with E-state index in [1.165, 1.54) is 25.3 Å². The van der Waals surface area contributed by atoms with Crippen LogP contribution in [-0.4, -0.2) is 73.2 Å². The summed E-state index contributed by atoms with van der Waals surface area (Å²) in [6.07, 6.45) is -0.558. The van der Waals surface area contributed by atoms with Gasteiger partial charge in [0.05, 0.1) is 6.54 Å². The molecule has 0 spiro atoms. The third-order valence-electron chi connectivity index (χ3n) is 5.16. The summed E-state index contributed by atoms with van der Waals surface area (Å²) < 4.78 is 0. The number of likely N-dealkylation sites (tertiary alicyclic amines) is 1. The summed E-state index contributed by atoms with van der Waals surface area (Å²) in [6, 6.07) is 5.81. The molecule has 0 unspecified atom stereocenters. The number of hydrogen-bond acceptors (Lipinski definition) is 10. The largest absolute Gasteiger partial charge is 0.477 e. The van der Waals surface area contributed by atoms with Crippen LogP contribution in [0.15, 0.2) is 40.5 Å². The van der Waals surface area contributed by atoms with Crippen LogP contribution in [0.25, 0.3) is 6.08 Å². The number of rotatable bonds is 10. The smallest absolute Gasteiger partial charge is 0.352 e. The van der Waals surface area contributed by atoms with Crippen LogP contribution >= 0.6 is 22.9 Å². The van der Waals surface area contributed by atoms with E-state index in [1.54, 1.807) is 24.3 Å². The van der Waals surface area contributed by atoms with Crippen molar-refractivity contribution in [1.82, 2.24) is 15.2 Å². The molecule has 14 heteroatoms. The minimum atomic E-state index is -1.90. The van der Waals surface area contributed by atoms with Gasteiger partial charge < -0.3 is 36.1 Å². The number of β-lactam (4-membered cyclic amide) rings is 1. The molecule has 0 aliphatic carbocycles. The van der Waals surface area contributed by atoms with Crippen molar-refractivity contribution < 1.29 is 34.5 Å². The number of benzene rings is 1. The van der Waals surface area contributed by atoms with Gasteiger partial charge in [-0.25, -0.2) is 9.78 Å². The Morgan fingerprint density at radius 3 is 2.56 bits per heavy atom. The highest BCUT2D eigenvalue weighted by Gasteiger charge is 2.42. The molecule has 1 aromatic heterocycles. The van der Waals surface area contributed by atoms with Crippen LogP contribution in [0.4, 0.5) is 5.13 Å². The van der Waals surface area contributed by atoms with Gasteiger partial charge in [0.1, 0.15) is 17.4 Å². The number of nitrogens with zero attached hydrogens (tertiary/aromatic N) is 3. The molecule has 2 amide bonds. The minimum Gasteiger partial charge on any atom is -0.477 e. The van der Waals surface area contributed by atoms with Crippen molar-refractivity contribution in [2.75, 3.05) is 12.3 Å². The molecule has 36 heavy (non-hydrogen) atoms. The maximum absolute atomic E-state index is 12.9. The molecule has 3 rings (SSSR count). The number of carboxylic acid groups (broad SMARTS) is 1. The van der Waals surface area contributed by atoms with Crippen LogP contribution in [-0.2, 0) is 25.1 Å². The Labute approximate surface area is 214 Å². The molecule has 1 aliphatic heterocycles. The number of aliphatic hydroxyl groups excluding tert-OH is 1. The van der Waals surface area contributed by atoms with Crippen LogP contribution in [0.1, 0.15) is 30.7 Å². The first-order chi connectivity index (χ1) is 16.9. The van der Waals surface area contributed by atoms with E-state index < -0.39 is 35.7 Å². The van der Waals surface area contributed by atoms with Gasteiger partial charge in [0.15, 0.2) is 22.7 Å². The Morgan fingerprint density at radius 2 is 2.06 bits per heavy atom. The molecule has 192 valence electrons. The van der Waals surface area contributed by atoms with E-state index in [2.05, 4.69) is 15.5 Å². The molecule has 1 aromatic carbocycles. The predicted octanol–water partition coefficient (Wildman–Crippen LogP) is 0.727. The van der Waals surface area contributed by atoms with E-state index in [-0.39, 0.29) is 28.8 Å². The zero-order valence-electron chi connectivity index (χ0n) is 19.2. The first kappa shape index (κ1) is 27.1. The van der Waals surface area contributed by atoms with E-state index in [1.807, 2.05) is 0 Å². The summed E-state index contributed by atoms with van der Waals surface area (Å²) in [5, 5.41) is 36.2. The van der Waals surface area contributed by atoms with Crippen molar-refractivity contribution in [3.63, 3.8) is 0 Å². The number of carbonyl (C=O) groups excluding carboxylic acids is 2. The average Bonchev–Trinajstić information content (AvgIpc) is 3.26. The first-order valence-electron chi connectivity index (χ1n) is 10.5. The lowest BCUT2D eigenvalue weighted by Crippen LogP contribution is -2.64. The lowest BCUT2D eigenvalue weighted by Gasteiger charge is -2.38. The number of hydrogen-bond donors (Lipinski definition) is 5. The van der Waals surface area contributed by atoms with Gasteiger partial charge >= 0.3 is 5.97 Å². The molecule has 2 aromatic rings. The lowest BCUT2D eigenvalue weighted by molar-refractivity contribution is -0.192. The van der Waals surface area contributed by atoms with Crippen molar-refractivity contribution in [3.05, 3.63) is 52.2 Å². The highest BCUT2D eigenvalue weighted by molar-refractivity contribution is 7.13. The molecule has 1 fully saturated rings. The number of nitrogens with two attached hydrogens (primary N) is 1. The van der Waals surface area contributed by atoms with Gasteiger partial charge in [-0.15, -0.1) is 22.9 Å².